The summed E-state index contributed by atoms with van der Waals surface area (Å²) in [5.74, 6) is -0.843. The van der Waals surface area contributed by atoms with Crippen molar-refractivity contribution in [1.29, 1.82) is 0 Å². The van der Waals surface area contributed by atoms with Gasteiger partial charge in [-0.15, -0.1) is 0 Å². The summed E-state index contributed by atoms with van der Waals surface area (Å²) in [5, 5.41) is 10.2. The lowest BCUT2D eigenvalue weighted by Gasteiger charge is -2.28. The molecule has 2 aromatic rings. The van der Waals surface area contributed by atoms with Crippen LogP contribution in [0.3, 0.4) is 0 Å². The van der Waals surface area contributed by atoms with Crippen molar-refractivity contribution < 1.29 is 9.90 Å². The maximum absolute atomic E-state index is 11.2. The van der Waals surface area contributed by atoms with E-state index in [9.17, 15) is 9.90 Å². The Morgan fingerprint density at radius 1 is 1.31 bits per heavy atom. The van der Waals surface area contributed by atoms with Crippen LogP contribution in [0.4, 0.5) is 0 Å². The van der Waals surface area contributed by atoms with Gasteiger partial charge in [-0.05, 0) is 31.4 Å². The van der Waals surface area contributed by atoms with E-state index in [1.807, 2.05) is 18.3 Å². The van der Waals surface area contributed by atoms with Crippen molar-refractivity contribution in [3.05, 3.63) is 36.0 Å². The molecular formula is C13H13NO2. The van der Waals surface area contributed by atoms with Crippen LogP contribution in [0.1, 0.15) is 35.7 Å². The van der Waals surface area contributed by atoms with Crippen LogP contribution in [0, 0.1) is 0 Å². The lowest BCUT2D eigenvalue weighted by molar-refractivity contribution is 0.0698. The minimum absolute atomic E-state index is 0.411. The highest BCUT2D eigenvalue weighted by molar-refractivity contribution is 6.02. The van der Waals surface area contributed by atoms with Crippen LogP contribution >= 0.6 is 0 Å². The molecule has 82 valence electrons. The molecule has 1 aliphatic rings. The molecule has 0 aliphatic heterocycles. The van der Waals surface area contributed by atoms with Crippen LogP contribution in [0.15, 0.2) is 30.5 Å². The predicted octanol–water partition coefficient (Wildman–Crippen LogP) is 3.06. The van der Waals surface area contributed by atoms with Crippen molar-refractivity contribution in [1.82, 2.24) is 4.57 Å². The SMILES string of the molecule is O=C(O)c1cccc2ccn(C3CCC3)c12. The molecule has 16 heavy (non-hydrogen) atoms. The van der Waals surface area contributed by atoms with E-state index in [1.54, 1.807) is 12.1 Å². The number of carboxylic acid groups (broad SMARTS) is 1. The third kappa shape index (κ3) is 1.24. The summed E-state index contributed by atoms with van der Waals surface area (Å²) in [5.41, 5.74) is 1.29. The molecule has 1 fully saturated rings. The number of benzene rings is 1. The second-order valence-electron chi connectivity index (χ2n) is 4.36. The number of nitrogens with zero attached hydrogens (tertiary/aromatic N) is 1. The van der Waals surface area contributed by atoms with Gasteiger partial charge in [0.25, 0.3) is 0 Å². The van der Waals surface area contributed by atoms with E-state index in [0.29, 0.717) is 11.6 Å². The molecule has 1 aliphatic carbocycles. The summed E-state index contributed by atoms with van der Waals surface area (Å²) in [6.45, 7) is 0. The standard InChI is InChI=1S/C13H13NO2/c15-13(16)11-6-1-3-9-7-8-14(12(9)11)10-4-2-5-10/h1,3,6-8,10H,2,4-5H2,(H,15,16). The van der Waals surface area contributed by atoms with Gasteiger partial charge in [0.05, 0.1) is 11.1 Å². The number of rotatable bonds is 2. The number of fused-ring (bicyclic) bond motifs is 1. The van der Waals surface area contributed by atoms with E-state index in [2.05, 4.69) is 4.57 Å². The number of hydrogen-bond acceptors (Lipinski definition) is 1. The first-order valence-electron chi connectivity index (χ1n) is 5.60. The Bertz CT molecular complexity index is 552. The van der Waals surface area contributed by atoms with Crippen molar-refractivity contribution in [2.75, 3.05) is 0 Å². The van der Waals surface area contributed by atoms with Crippen LogP contribution in [0.2, 0.25) is 0 Å². The van der Waals surface area contributed by atoms with Gasteiger partial charge in [0.2, 0.25) is 0 Å². The lowest BCUT2D eigenvalue weighted by atomic mass is 9.92. The van der Waals surface area contributed by atoms with Crippen molar-refractivity contribution in [3.8, 4) is 0 Å². The summed E-state index contributed by atoms with van der Waals surface area (Å²) < 4.78 is 2.13. The second kappa shape index (κ2) is 3.37. The van der Waals surface area contributed by atoms with Crippen molar-refractivity contribution >= 4 is 16.9 Å². The highest BCUT2D eigenvalue weighted by Crippen LogP contribution is 2.35. The van der Waals surface area contributed by atoms with Crippen LogP contribution in [0.5, 0.6) is 0 Å². The summed E-state index contributed by atoms with van der Waals surface area (Å²) in [6.07, 6.45) is 5.59. The number of carbonyl (C=O) groups is 1. The molecular weight excluding hydrogens is 202 g/mol. The van der Waals surface area contributed by atoms with Gasteiger partial charge in [0.1, 0.15) is 0 Å². The zero-order valence-corrected chi connectivity index (χ0v) is 8.89. The zero-order valence-electron chi connectivity index (χ0n) is 8.89. The average molecular weight is 215 g/mol. The molecule has 0 radical (unpaired) electrons. The lowest BCUT2D eigenvalue weighted by Crippen LogP contribution is -2.17. The van der Waals surface area contributed by atoms with E-state index >= 15 is 0 Å². The molecule has 3 nitrogen and oxygen atoms in total. The predicted molar refractivity (Wildman–Crippen MR) is 61.8 cm³/mol. The third-order valence-corrected chi connectivity index (χ3v) is 3.44. The first kappa shape index (κ1) is 9.46. The van der Waals surface area contributed by atoms with Crippen LogP contribution in [0.25, 0.3) is 10.9 Å². The Morgan fingerprint density at radius 3 is 2.75 bits per heavy atom. The molecule has 0 saturated heterocycles. The first-order chi connectivity index (χ1) is 7.77. The first-order valence-corrected chi connectivity index (χ1v) is 5.60. The molecule has 1 saturated carbocycles. The molecule has 0 atom stereocenters. The van der Waals surface area contributed by atoms with Crippen LogP contribution < -0.4 is 0 Å². The Kier molecular flexibility index (Phi) is 1.99. The molecule has 0 bridgehead atoms. The molecule has 1 heterocycles. The van der Waals surface area contributed by atoms with E-state index < -0.39 is 5.97 Å². The fourth-order valence-corrected chi connectivity index (χ4v) is 2.36. The number of hydrogen-bond donors (Lipinski definition) is 1. The number of aromatic carboxylic acids is 1. The fraction of sp³-hybridized carbons (Fsp3) is 0.308. The van der Waals surface area contributed by atoms with Gasteiger partial charge < -0.3 is 9.67 Å². The normalized spacial score (nSPS) is 16.2. The topological polar surface area (TPSA) is 42.2 Å². The fourth-order valence-electron chi connectivity index (χ4n) is 2.36. The highest BCUT2D eigenvalue weighted by atomic mass is 16.4. The molecule has 1 aromatic carbocycles. The Hall–Kier alpha value is -1.77. The molecule has 0 spiro atoms. The zero-order chi connectivity index (χ0) is 11.1. The summed E-state index contributed by atoms with van der Waals surface area (Å²) in [4.78, 5) is 11.2. The van der Waals surface area contributed by atoms with Crippen molar-refractivity contribution in [2.45, 2.75) is 25.3 Å². The molecule has 1 aromatic heterocycles. The summed E-state index contributed by atoms with van der Waals surface area (Å²) in [7, 11) is 0. The van der Waals surface area contributed by atoms with Crippen LogP contribution in [-0.2, 0) is 0 Å². The third-order valence-electron chi connectivity index (χ3n) is 3.44. The molecule has 0 unspecified atom stereocenters. The average Bonchev–Trinajstić information content (AvgIpc) is 2.59. The number of para-hydroxylation sites is 1. The van der Waals surface area contributed by atoms with Crippen molar-refractivity contribution in [2.24, 2.45) is 0 Å². The molecule has 3 rings (SSSR count). The second-order valence-corrected chi connectivity index (χ2v) is 4.36. The Balaban J connectivity index is 2.25. The smallest absolute Gasteiger partial charge is 0.337 e. The molecule has 3 heteroatoms. The van der Waals surface area contributed by atoms with Crippen molar-refractivity contribution in [3.63, 3.8) is 0 Å². The number of carboxylic acids is 1. The van der Waals surface area contributed by atoms with Crippen LogP contribution in [-0.4, -0.2) is 15.6 Å². The monoisotopic (exact) mass is 215 g/mol. The van der Waals surface area contributed by atoms with E-state index in [4.69, 9.17) is 0 Å². The Morgan fingerprint density at radius 2 is 2.12 bits per heavy atom. The molecule has 0 amide bonds. The van der Waals surface area contributed by atoms with Gasteiger partial charge in [-0.25, -0.2) is 4.79 Å². The minimum atomic E-state index is -0.843. The van der Waals surface area contributed by atoms with E-state index in [-0.39, 0.29) is 0 Å². The number of aromatic nitrogens is 1. The summed E-state index contributed by atoms with van der Waals surface area (Å²) >= 11 is 0. The van der Waals surface area contributed by atoms with Gasteiger partial charge in [-0.2, -0.15) is 0 Å². The van der Waals surface area contributed by atoms with Gasteiger partial charge in [-0.3, -0.25) is 0 Å². The Labute approximate surface area is 93.3 Å². The minimum Gasteiger partial charge on any atom is -0.478 e. The van der Waals surface area contributed by atoms with Gasteiger partial charge in [0, 0.05) is 17.6 Å². The van der Waals surface area contributed by atoms with E-state index in [1.165, 1.54) is 6.42 Å². The largest absolute Gasteiger partial charge is 0.478 e. The molecule has 1 N–H and O–H groups in total. The van der Waals surface area contributed by atoms with E-state index in [0.717, 1.165) is 23.7 Å². The summed E-state index contributed by atoms with van der Waals surface area (Å²) in [6, 6.07) is 7.95. The van der Waals surface area contributed by atoms with Gasteiger partial charge >= 0.3 is 5.97 Å². The maximum atomic E-state index is 11.2. The highest BCUT2D eigenvalue weighted by Gasteiger charge is 2.22. The quantitative estimate of drug-likeness (QED) is 0.836. The van der Waals surface area contributed by atoms with Gasteiger partial charge in [0.15, 0.2) is 0 Å². The van der Waals surface area contributed by atoms with Gasteiger partial charge in [-0.1, -0.05) is 12.1 Å². The maximum Gasteiger partial charge on any atom is 0.337 e.